The average molecular weight is 524 g/mol. The molecular formula is C34H41N3O2. The molecule has 204 valence electrons. The zero-order chi connectivity index (χ0) is 26.5. The van der Waals surface area contributed by atoms with Gasteiger partial charge in [0.05, 0.1) is 13.2 Å². The summed E-state index contributed by atoms with van der Waals surface area (Å²) in [7, 11) is 0. The standard InChI is InChI=1S/C34H41N3O2/c38-33-34(30-12-5-2-6-13-30,18-23-36-21-16-29(17-22-36)28-10-3-1-4-11-28)31-14-7-8-15-32(31)37(33)20-9-19-35-24-26-39-27-25-35/h1-8,10-15,29H,9,16-27H2. The van der Waals surface area contributed by atoms with E-state index in [1.165, 1.54) is 24.0 Å². The zero-order valence-electron chi connectivity index (χ0n) is 23.0. The van der Waals surface area contributed by atoms with E-state index < -0.39 is 5.41 Å². The highest BCUT2D eigenvalue weighted by Crippen LogP contribution is 2.48. The summed E-state index contributed by atoms with van der Waals surface area (Å²) in [5.74, 6) is 0.886. The molecule has 0 aliphatic carbocycles. The van der Waals surface area contributed by atoms with Crippen LogP contribution in [-0.4, -0.2) is 74.7 Å². The Labute approximate surface area is 233 Å². The average Bonchev–Trinajstić information content (AvgIpc) is 3.25. The van der Waals surface area contributed by atoms with Crippen molar-refractivity contribution in [2.45, 2.75) is 37.0 Å². The SMILES string of the molecule is O=C1N(CCCN2CCOCC2)c2ccccc2C1(CCN1CCC(c2ccccc2)CC1)c1ccccc1. The zero-order valence-corrected chi connectivity index (χ0v) is 23.0. The largest absolute Gasteiger partial charge is 0.379 e. The predicted molar refractivity (Wildman–Crippen MR) is 157 cm³/mol. The number of morpholine rings is 1. The first-order chi connectivity index (χ1) is 19.3. The van der Waals surface area contributed by atoms with Crippen molar-refractivity contribution in [1.29, 1.82) is 0 Å². The number of hydrogen-bond acceptors (Lipinski definition) is 4. The second kappa shape index (κ2) is 12.0. The van der Waals surface area contributed by atoms with Crippen LogP contribution < -0.4 is 4.90 Å². The maximum absolute atomic E-state index is 14.6. The van der Waals surface area contributed by atoms with Crippen LogP contribution in [0.15, 0.2) is 84.9 Å². The van der Waals surface area contributed by atoms with Gasteiger partial charge in [0.2, 0.25) is 5.91 Å². The lowest BCUT2D eigenvalue weighted by atomic mass is 9.72. The molecule has 6 rings (SSSR count). The number of amides is 1. The Bertz CT molecular complexity index is 1220. The number of rotatable bonds is 9. The van der Waals surface area contributed by atoms with Crippen LogP contribution in [0.2, 0.25) is 0 Å². The third kappa shape index (κ3) is 5.41. The molecule has 39 heavy (non-hydrogen) atoms. The first-order valence-corrected chi connectivity index (χ1v) is 14.8. The van der Waals surface area contributed by atoms with Gasteiger partial charge in [-0.05, 0) is 74.0 Å². The molecule has 0 saturated carbocycles. The van der Waals surface area contributed by atoms with Gasteiger partial charge in [0, 0.05) is 31.9 Å². The summed E-state index contributed by atoms with van der Waals surface area (Å²) in [4.78, 5) is 21.7. The van der Waals surface area contributed by atoms with Crippen LogP contribution in [0.3, 0.4) is 0 Å². The Morgan fingerprint density at radius 2 is 1.36 bits per heavy atom. The van der Waals surface area contributed by atoms with Gasteiger partial charge in [0.1, 0.15) is 5.41 Å². The van der Waals surface area contributed by atoms with Gasteiger partial charge in [-0.1, -0.05) is 78.9 Å². The molecule has 1 unspecified atom stereocenters. The van der Waals surface area contributed by atoms with Crippen molar-refractivity contribution in [1.82, 2.24) is 9.80 Å². The summed E-state index contributed by atoms with van der Waals surface area (Å²) >= 11 is 0. The molecule has 0 N–H and O–H groups in total. The van der Waals surface area contributed by atoms with E-state index in [1.54, 1.807) is 0 Å². The fourth-order valence-corrected chi connectivity index (χ4v) is 6.95. The molecule has 0 bridgehead atoms. The van der Waals surface area contributed by atoms with Crippen molar-refractivity contribution in [3.8, 4) is 0 Å². The third-order valence-corrected chi connectivity index (χ3v) is 9.15. The lowest BCUT2D eigenvalue weighted by molar-refractivity contribution is -0.122. The second-order valence-electron chi connectivity index (χ2n) is 11.3. The number of carbonyl (C=O) groups excluding carboxylic acids is 1. The molecular weight excluding hydrogens is 482 g/mol. The lowest BCUT2D eigenvalue weighted by Gasteiger charge is -2.36. The molecule has 1 amide bonds. The Morgan fingerprint density at radius 3 is 2.10 bits per heavy atom. The van der Waals surface area contributed by atoms with Crippen LogP contribution >= 0.6 is 0 Å². The van der Waals surface area contributed by atoms with Crippen LogP contribution in [0.5, 0.6) is 0 Å². The number of likely N-dealkylation sites (tertiary alicyclic amines) is 1. The maximum Gasteiger partial charge on any atom is 0.242 e. The Morgan fingerprint density at radius 1 is 0.718 bits per heavy atom. The van der Waals surface area contributed by atoms with E-state index in [2.05, 4.69) is 99.6 Å². The first-order valence-electron chi connectivity index (χ1n) is 14.8. The van der Waals surface area contributed by atoms with E-state index in [-0.39, 0.29) is 5.91 Å². The highest BCUT2D eigenvalue weighted by molar-refractivity contribution is 6.10. The highest BCUT2D eigenvalue weighted by Gasteiger charge is 2.51. The van der Waals surface area contributed by atoms with Gasteiger partial charge in [-0.2, -0.15) is 0 Å². The minimum absolute atomic E-state index is 0.246. The fourth-order valence-electron chi connectivity index (χ4n) is 6.95. The van der Waals surface area contributed by atoms with Crippen LogP contribution in [0.25, 0.3) is 0 Å². The topological polar surface area (TPSA) is 36.0 Å². The van der Waals surface area contributed by atoms with E-state index in [1.807, 2.05) is 0 Å². The van der Waals surface area contributed by atoms with Gasteiger partial charge >= 0.3 is 0 Å². The predicted octanol–water partition coefficient (Wildman–Crippen LogP) is 5.31. The van der Waals surface area contributed by atoms with Gasteiger partial charge < -0.3 is 14.5 Å². The molecule has 0 spiro atoms. The number of anilines is 1. The molecule has 1 atom stereocenters. The summed E-state index contributed by atoms with van der Waals surface area (Å²) in [6, 6.07) is 30.0. The number of nitrogens with zero attached hydrogens (tertiary/aromatic N) is 3. The van der Waals surface area contributed by atoms with E-state index in [0.29, 0.717) is 5.92 Å². The molecule has 3 aliphatic heterocycles. The van der Waals surface area contributed by atoms with Crippen molar-refractivity contribution in [2.75, 3.05) is 63.9 Å². The van der Waals surface area contributed by atoms with Crippen molar-refractivity contribution in [2.24, 2.45) is 0 Å². The maximum atomic E-state index is 14.6. The fraction of sp³-hybridized carbons (Fsp3) is 0.441. The van der Waals surface area contributed by atoms with E-state index in [4.69, 9.17) is 4.74 Å². The van der Waals surface area contributed by atoms with E-state index in [9.17, 15) is 4.79 Å². The van der Waals surface area contributed by atoms with E-state index >= 15 is 0 Å². The van der Waals surface area contributed by atoms with Crippen molar-refractivity contribution in [3.05, 3.63) is 102 Å². The number of hydrogen-bond donors (Lipinski definition) is 0. The minimum atomic E-state index is -0.632. The van der Waals surface area contributed by atoms with Crippen molar-refractivity contribution >= 4 is 11.6 Å². The Kier molecular flexibility index (Phi) is 8.10. The third-order valence-electron chi connectivity index (χ3n) is 9.15. The smallest absolute Gasteiger partial charge is 0.242 e. The second-order valence-corrected chi connectivity index (χ2v) is 11.3. The monoisotopic (exact) mass is 523 g/mol. The van der Waals surface area contributed by atoms with Gasteiger partial charge in [-0.25, -0.2) is 0 Å². The lowest BCUT2D eigenvalue weighted by Crippen LogP contribution is -2.45. The number of piperidine rings is 1. The molecule has 3 heterocycles. The minimum Gasteiger partial charge on any atom is -0.379 e. The summed E-state index contributed by atoms with van der Waals surface area (Å²) < 4.78 is 5.51. The molecule has 2 saturated heterocycles. The number of ether oxygens (including phenoxy) is 1. The number of para-hydroxylation sites is 1. The van der Waals surface area contributed by atoms with Gasteiger partial charge in [0.15, 0.2) is 0 Å². The van der Waals surface area contributed by atoms with Crippen LogP contribution in [0.4, 0.5) is 5.69 Å². The van der Waals surface area contributed by atoms with Crippen molar-refractivity contribution in [3.63, 3.8) is 0 Å². The van der Waals surface area contributed by atoms with Gasteiger partial charge in [-0.15, -0.1) is 0 Å². The number of benzene rings is 3. The first kappa shape index (κ1) is 26.2. The van der Waals surface area contributed by atoms with Crippen molar-refractivity contribution < 1.29 is 9.53 Å². The summed E-state index contributed by atoms with van der Waals surface area (Å²) in [6.45, 7) is 8.45. The molecule has 5 heteroatoms. The van der Waals surface area contributed by atoms with Crippen LogP contribution in [-0.2, 0) is 14.9 Å². The molecule has 3 aliphatic rings. The molecule has 2 fully saturated rings. The molecule has 3 aromatic rings. The van der Waals surface area contributed by atoms with Crippen LogP contribution in [0.1, 0.15) is 48.3 Å². The van der Waals surface area contributed by atoms with Gasteiger partial charge in [0.25, 0.3) is 0 Å². The normalized spacial score (nSPS) is 22.8. The quantitative estimate of drug-likeness (QED) is 0.381. The Balaban J connectivity index is 1.20. The Hall–Kier alpha value is -2.99. The molecule has 0 radical (unpaired) electrons. The molecule has 0 aromatic heterocycles. The number of fused-ring (bicyclic) bond motifs is 1. The molecule has 3 aromatic carbocycles. The summed E-state index contributed by atoms with van der Waals surface area (Å²) in [5, 5.41) is 0. The van der Waals surface area contributed by atoms with E-state index in [0.717, 1.165) is 83.1 Å². The molecule has 5 nitrogen and oxygen atoms in total. The van der Waals surface area contributed by atoms with Gasteiger partial charge in [-0.3, -0.25) is 9.69 Å². The summed E-state index contributed by atoms with van der Waals surface area (Å²) in [5.41, 5.74) is 4.22. The highest BCUT2D eigenvalue weighted by atomic mass is 16.5. The summed E-state index contributed by atoms with van der Waals surface area (Å²) in [6.07, 6.45) is 4.14. The number of carbonyl (C=O) groups is 1. The van der Waals surface area contributed by atoms with Crippen LogP contribution in [0, 0.1) is 0 Å².